The molecule has 94 valence electrons. The molecular weight excluding hydrogens is 242 g/mol. The lowest BCUT2D eigenvalue weighted by Gasteiger charge is -2.20. The Morgan fingerprint density at radius 2 is 2.06 bits per heavy atom. The molecule has 1 fully saturated rings. The van der Waals surface area contributed by atoms with Crippen LogP contribution in [0.5, 0.6) is 0 Å². The average molecular weight is 257 g/mol. The molecule has 0 radical (unpaired) electrons. The van der Waals surface area contributed by atoms with Gasteiger partial charge in [0, 0.05) is 19.6 Å². The minimum absolute atomic E-state index is 0.0236. The molecule has 6 heteroatoms. The summed E-state index contributed by atoms with van der Waals surface area (Å²) >= 11 is 0. The van der Waals surface area contributed by atoms with Gasteiger partial charge in [0.05, 0.1) is 11.5 Å². The third kappa shape index (κ3) is 3.04. The topological polar surface area (TPSA) is 75.6 Å². The maximum absolute atomic E-state index is 11.9. The summed E-state index contributed by atoms with van der Waals surface area (Å²) in [6, 6.07) is 8.08. The van der Waals surface area contributed by atoms with Gasteiger partial charge in [-0.25, -0.2) is 13.1 Å². The molecule has 0 spiro atoms. The molecule has 1 unspecified atom stereocenters. The summed E-state index contributed by atoms with van der Waals surface area (Å²) in [5.41, 5.74) is -1.08. The first kappa shape index (κ1) is 12.5. The van der Waals surface area contributed by atoms with Crippen molar-refractivity contribution in [3.05, 3.63) is 30.3 Å². The van der Waals surface area contributed by atoms with Gasteiger partial charge in [-0.2, -0.15) is 0 Å². The Hall–Kier alpha value is -0.950. The molecule has 0 aliphatic carbocycles. The smallest absolute Gasteiger partial charge is 0.240 e. The molecule has 1 aliphatic heterocycles. The van der Waals surface area contributed by atoms with Gasteiger partial charge in [0.2, 0.25) is 10.0 Å². The Balaban J connectivity index is 2.04. The molecule has 2 rings (SSSR count). The maximum Gasteiger partial charge on any atom is 0.240 e. The summed E-state index contributed by atoms with van der Waals surface area (Å²) < 4.78 is 31.2. The van der Waals surface area contributed by atoms with Crippen molar-refractivity contribution < 1.29 is 18.3 Å². The van der Waals surface area contributed by atoms with E-state index in [1.54, 1.807) is 18.2 Å². The van der Waals surface area contributed by atoms with Gasteiger partial charge in [0.15, 0.2) is 0 Å². The zero-order valence-corrected chi connectivity index (χ0v) is 10.1. The number of aliphatic hydroxyl groups is 1. The summed E-state index contributed by atoms with van der Waals surface area (Å²) in [6.07, 6.45) is 0.449. The number of rotatable bonds is 4. The number of hydrogen-bond donors (Lipinski definition) is 2. The minimum atomic E-state index is -3.55. The fourth-order valence-electron chi connectivity index (χ4n) is 1.65. The van der Waals surface area contributed by atoms with Crippen molar-refractivity contribution in [2.75, 3.05) is 19.8 Å². The van der Waals surface area contributed by atoms with E-state index in [9.17, 15) is 13.5 Å². The lowest BCUT2D eigenvalue weighted by atomic mass is 10.1. The van der Waals surface area contributed by atoms with Crippen LogP contribution in [-0.4, -0.2) is 38.9 Å². The number of benzene rings is 1. The van der Waals surface area contributed by atoms with E-state index in [4.69, 9.17) is 4.74 Å². The minimum Gasteiger partial charge on any atom is -0.386 e. The van der Waals surface area contributed by atoms with Gasteiger partial charge in [-0.15, -0.1) is 0 Å². The number of ether oxygens (including phenoxy) is 1. The molecule has 1 aromatic carbocycles. The molecule has 1 atom stereocenters. The zero-order valence-electron chi connectivity index (χ0n) is 9.30. The summed E-state index contributed by atoms with van der Waals surface area (Å²) in [5, 5.41) is 9.95. The van der Waals surface area contributed by atoms with Crippen LogP contribution in [0.1, 0.15) is 6.42 Å². The molecular formula is C11H15NO4S. The van der Waals surface area contributed by atoms with Gasteiger partial charge in [-0.05, 0) is 12.1 Å². The molecule has 0 bridgehead atoms. The summed E-state index contributed by atoms with van der Waals surface area (Å²) in [7, 11) is -3.55. The fourth-order valence-corrected chi connectivity index (χ4v) is 2.79. The van der Waals surface area contributed by atoms with Crippen LogP contribution in [0.3, 0.4) is 0 Å². The molecule has 1 heterocycles. The Bertz CT molecular complexity index is 466. The normalized spacial score (nSPS) is 25.0. The lowest BCUT2D eigenvalue weighted by Crippen LogP contribution is -2.43. The molecule has 1 saturated heterocycles. The summed E-state index contributed by atoms with van der Waals surface area (Å²) in [4.78, 5) is 0.197. The molecule has 17 heavy (non-hydrogen) atoms. The number of nitrogens with one attached hydrogen (secondary N) is 1. The monoisotopic (exact) mass is 257 g/mol. The second kappa shape index (κ2) is 4.73. The fraction of sp³-hybridized carbons (Fsp3) is 0.455. The van der Waals surface area contributed by atoms with Gasteiger partial charge in [0.25, 0.3) is 0 Å². The van der Waals surface area contributed by atoms with E-state index in [1.165, 1.54) is 12.1 Å². The average Bonchev–Trinajstić information content (AvgIpc) is 2.76. The van der Waals surface area contributed by atoms with Crippen molar-refractivity contribution >= 4 is 10.0 Å². The van der Waals surface area contributed by atoms with Gasteiger partial charge in [-0.1, -0.05) is 18.2 Å². The highest BCUT2D eigenvalue weighted by Crippen LogP contribution is 2.18. The van der Waals surface area contributed by atoms with Crippen molar-refractivity contribution in [1.29, 1.82) is 0 Å². The Morgan fingerprint density at radius 3 is 2.65 bits per heavy atom. The predicted molar refractivity (Wildman–Crippen MR) is 62.0 cm³/mol. The van der Waals surface area contributed by atoms with Crippen LogP contribution in [0, 0.1) is 0 Å². The highest BCUT2D eigenvalue weighted by Gasteiger charge is 2.33. The quantitative estimate of drug-likeness (QED) is 0.803. The third-order valence-corrected chi connectivity index (χ3v) is 4.14. The first-order valence-corrected chi connectivity index (χ1v) is 6.85. The van der Waals surface area contributed by atoms with E-state index >= 15 is 0 Å². The van der Waals surface area contributed by atoms with E-state index in [0.717, 1.165) is 0 Å². The van der Waals surface area contributed by atoms with Crippen LogP contribution >= 0.6 is 0 Å². The standard InChI is InChI=1S/C11H15NO4S/c13-11(6-7-16-9-11)8-12-17(14,15)10-4-2-1-3-5-10/h1-5,12-13H,6-9H2. The van der Waals surface area contributed by atoms with Crippen LogP contribution in [-0.2, 0) is 14.8 Å². The SMILES string of the molecule is O=S(=O)(NCC1(O)CCOC1)c1ccccc1. The van der Waals surface area contributed by atoms with Crippen molar-refractivity contribution in [2.45, 2.75) is 16.9 Å². The summed E-state index contributed by atoms with van der Waals surface area (Å²) in [5.74, 6) is 0. The summed E-state index contributed by atoms with van der Waals surface area (Å²) in [6.45, 7) is 0.609. The Kier molecular flexibility index (Phi) is 3.48. The first-order valence-electron chi connectivity index (χ1n) is 5.37. The van der Waals surface area contributed by atoms with Crippen molar-refractivity contribution in [3.63, 3.8) is 0 Å². The van der Waals surface area contributed by atoms with E-state index in [1.807, 2.05) is 0 Å². The lowest BCUT2D eigenvalue weighted by molar-refractivity contribution is 0.0314. The van der Waals surface area contributed by atoms with E-state index in [0.29, 0.717) is 13.0 Å². The van der Waals surface area contributed by atoms with Gasteiger partial charge in [-0.3, -0.25) is 0 Å². The number of hydrogen-bond acceptors (Lipinski definition) is 4. The van der Waals surface area contributed by atoms with Crippen molar-refractivity contribution in [1.82, 2.24) is 4.72 Å². The molecule has 1 aromatic rings. The van der Waals surface area contributed by atoms with Crippen LogP contribution < -0.4 is 4.72 Å². The molecule has 0 amide bonds. The Morgan fingerprint density at radius 1 is 1.35 bits per heavy atom. The van der Waals surface area contributed by atoms with Crippen molar-refractivity contribution in [3.8, 4) is 0 Å². The van der Waals surface area contributed by atoms with Gasteiger partial charge < -0.3 is 9.84 Å². The van der Waals surface area contributed by atoms with Crippen LogP contribution in [0.2, 0.25) is 0 Å². The van der Waals surface area contributed by atoms with Gasteiger partial charge in [0.1, 0.15) is 5.60 Å². The maximum atomic E-state index is 11.9. The van der Waals surface area contributed by atoms with E-state index in [-0.39, 0.29) is 18.0 Å². The van der Waals surface area contributed by atoms with Crippen LogP contribution in [0.15, 0.2) is 35.2 Å². The van der Waals surface area contributed by atoms with E-state index < -0.39 is 15.6 Å². The highest BCUT2D eigenvalue weighted by molar-refractivity contribution is 7.89. The second-order valence-electron chi connectivity index (χ2n) is 4.16. The highest BCUT2D eigenvalue weighted by atomic mass is 32.2. The predicted octanol–water partition coefficient (Wildman–Crippen LogP) is 0.116. The second-order valence-corrected chi connectivity index (χ2v) is 5.93. The molecule has 5 nitrogen and oxygen atoms in total. The largest absolute Gasteiger partial charge is 0.386 e. The van der Waals surface area contributed by atoms with Crippen molar-refractivity contribution in [2.24, 2.45) is 0 Å². The third-order valence-electron chi connectivity index (χ3n) is 2.73. The zero-order chi connectivity index (χ0) is 12.4. The molecule has 0 saturated carbocycles. The van der Waals surface area contributed by atoms with Crippen LogP contribution in [0.25, 0.3) is 0 Å². The Labute approximate surface area is 100 Å². The van der Waals surface area contributed by atoms with Gasteiger partial charge >= 0.3 is 0 Å². The first-order chi connectivity index (χ1) is 8.02. The van der Waals surface area contributed by atoms with E-state index in [2.05, 4.69) is 4.72 Å². The number of sulfonamides is 1. The molecule has 2 N–H and O–H groups in total. The van der Waals surface area contributed by atoms with Crippen LogP contribution in [0.4, 0.5) is 0 Å². The molecule has 1 aliphatic rings. The molecule has 0 aromatic heterocycles.